The lowest BCUT2D eigenvalue weighted by Gasteiger charge is -2.18. The number of thiophene rings is 1. The van der Waals surface area contributed by atoms with Crippen molar-refractivity contribution in [3.63, 3.8) is 0 Å². The van der Waals surface area contributed by atoms with E-state index in [1.807, 2.05) is 0 Å². The van der Waals surface area contributed by atoms with Crippen molar-refractivity contribution in [2.45, 2.75) is 25.7 Å². The third kappa shape index (κ3) is 4.75. The second-order valence-corrected chi connectivity index (χ2v) is 6.43. The summed E-state index contributed by atoms with van der Waals surface area (Å²) < 4.78 is 1.17. The number of hydrogen-bond donors (Lipinski definition) is 1. The number of hydrogen-bond acceptors (Lipinski definition) is 2. The fraction of sp³-hybridized carbons (Fsp3) is 0.375. The summed E-state index contributed by atoms with van der Waals surface area (Å²) in [4.78, 5) is 0. The molecule has 102 valence electrons. The van der Waals surface area contributed by atoms with Gasteiger partial charge in [0.15, 0.2) is 0 Å². The molecule has 0 spiro atoms. The van der Waals surface area contributed by atoms with Crippen LogP contribution in [0.4, 0.5) is 0 Å². The van der Waals surface area contributed by atoms with Crippen LogP contribution in [0.1, 0.15) is 30.4 Å². The van der Waals surface area contributed by atoms with E-state index in [2.05, 4.69) is 69.3 Å². The topological polar surface area (TPSA) is 12.0 Å². The van der Waals surface area contributed by atoms with Crippen molar-refractivity contribution in [1.82, 2.24) is 5.32 Å². The first kappa shape index (κ1) is 14.8. The number of aryl methyl sites for hydroxylation is 1. The van der Waals surface area contributed by atoms with Gasteiger partial charge >= 0.3 is 0 Å². The summed E-state index contributed by atoms with van der Waals surface area (Å²) in [5.74, 6) is 0.581. The largest absolute Gasteiger partial charge is 0.316 e. The zero-order valence-corrected chi connectivity index (χ0v) is 13.6. The molecule has 0 saturated carbocycles. The molecule has 1 atom stereocenters. The van der Waals surface area contributed by atoms with Gasteiger partial charge in [0.25, 0.3) is 0 Å². The van der Waals surface area contributed by atoms with Crippen LogP contribution >= 0.6 is 27.3 Å². The molecule has 0 radical (unpaired) electrons. The highest BCUT2D eigenvalue weighted by Gasteiger charge is 2.11. The highest BCUT2D eigenvalue weighted by atomic mass is 79.9. The molecule has 1 heterocycles. The summed E-state index contributed by atoms with van der Waals surface area (Å²) in [5, 5.41) is 7.90. The third-order valence-electron chi connectivity index (χ3n) is 3.32. The zero-order valence-electron chi connectivity index (χ0n) is 11.2. The fourth-order valence-electron chi connectivity index (χ4n) is 2.24. The molecule has 1 unspecified atom stereocenters. The van der Waals surface area contributed by atoms with Crippen LogP contribution in [0.15, 0.2) is 45.6 Å². The second kappa shape index (κ2) is 7.83. The summed E-state index contributed by atoms with van der Waals surface area (Å²) in [6.45, 7) is 4.25. The van der Waals surface area contributed by atoms with Crippen molar-refractivity contribution in [3.05, 3.63) is 56.7 Å². The van der Waals surface area contributed by atoms with Crippen LogP contribution in [0.5, 0.6) is 0 Å². The Bertz CT molecular complexity index is 481. The van der Waals surface area contributed by atoms with E-state index in [9.17, 15) is 0 Å². The van der Waals surface area contributed by atoms with Crippen molar-refractivity contribution in [3.8, 4) is 0 Å². The van der Waals surface area contributed by atoms with E-state index in [1.54, 1.807) is 11.3 Å². The van der Waals surface area contributed by atoms with E-state index in [4.69, 9.17) is 0 Å². The SMILES string of the molecule is CCNCC(CCc1ccsc1)c1cccc(Br)c1. The molecule has 0 aliphatic rings. The Kier molecular flexibility index (Phi) is 6.08. The summed E-state index contributed by atoms with van der Waals surface area (Å²) in [7, 11) is 0. The Balaban J connectivity index is 2.02. The smallest absolute Gasteiger partial charge is 0.0178 e. The molecule has 19 heavy (non-hydrogen) atoms. The number of likely N-dealkylation sites (N-methyl/N-ethyl adjacent to an activating group) is 1. The van der Waals surface area contributed by atoms with E-state index in [-0.39, 0.29) is 0 Å². The van der Waals surface area contributed by atoms with Gasteiger partial charge in [0.1, 0.15) is 0 Å². The Morgan fingerprint density at radius 1 is 1.32 bits per heavy atom. The van der Waals surface area contributed by atoms with Crippen LogP contribution < -0.4 is 5.32 Å². The maximum Gasteiger partial charge on any atom is 0.0178 e. The first-order valence-corrected chi connectivity index (χ1v) is 8.50. The van der Waals surface area contributed by atoms with Crippen molar-refractivity contribution in [2.24, 2.45) is 0 Å². The van der Waals surface area contributed by atoms with Crippen LogP contribution in [-0.2, 0) is 6.42 Å². The Hall–Kier alpha value is -0.640. The van der Waals surface area contributed by atoms with Crippen LogP contribution in [0.25, 0.3) is 0 Å². The molecule has 0 fully saturated rings. The highest BCUT2D eigenvalue weighted by molar-refractivity contribution is 9.10. The van der Waals surface area contributed by atoms with E-state index in [0.29, 0.717) is 5.92 Å². The lowest BCUT2D eigenvalue weighted by atomic mass is 9.93. The molecule has 1 aromatic carbocycles. The molecule has 0 bridgehead atoms. The van der Waals surface area contributed by atoms with Gasteiger partial charge in [0.05, 0.1) is 0 Å². The standard InChI is InChI=1S/C16H20BrNS/c1-2-18-11-15(7-6-13-8-9-19-12-13)14-4-3-5-16(17)10-14/h3-5,8-10,12,15,18H,2,6-7,11H2,1H3. The third-order valence-corrected chi connectivity index (χ3v) is 4.55. The molecular formula is C16H20BrNS. The van der Waals surface area contributed by atoms with E-state index >= 15 is 0 Å². The number of rotatable bonds is 7. The van der Waals surface area contributed by atoms with Crippen molar-refractivity contribution >= 4 is 27.3 Å². The molecule has 0 amide bonds. The minimum Gasteiger partial charge on any atom is -0.316 e. The molecule has 0 aliphatic heterocycles. The molecule has 1 N–H and O–H groups in total. The number of halogens is 1. The van der Waals surface area contributed by atoms with Gasteiger partial charge in [-0.25, -0.2) is 0 Å². The molecule has 0 saturated heterocycles. The van der Waals surface area contributed by atoms with Gasteiger partial charge in [-0.15, -0.1) is 0 Å². The molecule has 0 aliphatic carbocycles. The molecule has 1 nitrogen and oxygen atoms in total. The minimum atomic E-state index is 0.581. The monoisotopic (exact) mass is 337 g/mol. The normalized spacial score (nSPS) is 12.5. The summed E-state index contributed by atoms with van der Waals surface area (Å²) in [6, 6.07) is 10.9. The summed E-state index contributed by atoms with van der Waals surface area (Å²) >= 11 is 5.35. The van der Waals surface area contributed by atoms with Crippen molar-refractivity contribution < 1.29 is 0 Å². The fourth-order valence-corrected chi connectivity index (χ4v) is 3.36. The average Bonchev–Trinajstić information content (AvgIpc) is 2.92. The maximum absolute atomic E-state index is 3.57. The number of nitrogens with one attached hydrogen (secondary N) is 1. The van der Waals surface area contributed by atoms with Crippen molar-refractivity contribution in [1.29, 1.82) is 0 Å². The summed E-state index contributed by atoms with van der Waals surface area (Å²) in [5.41, 5.74) is 2.88. The predicted molar refractivity (Wildman–Crippen MR) is 88.1 cm³/mol. The van der Waals surface area contributed by atoms with Crippen LogP contribution in [0.2, 0.25) is 0 Å². The lowest BCUT2D eigenvalue weighted by molar-refractivity contribution is 0.562. The lowest BCUT2D eigenvalue weighted by Crippen LogP contribution is -2.21. The van der Waals surface area contributed by atoms with Crippen LogP contribution in [-0.4, -0.2) is 13.1 Å². The highest BCUT2D eigenvalue weighted by Crippen LogP contribution is 2.24. The average molecular weight is 338 g/mol. The van der Waals surface area contributed by atoms with Gasteiger partial charge in [0, 0.05) is 11.0 Å². The number of benzene rings is 1. The van der Waals surface area contributed by atoms with Crippen LogP contribution in [0, 0.1) is 0 Å². The maximum atomic E-state index is 3.57. The van der Waals surface area contributed by atoms with E-state index in [1.165, 1.54) is 22.0 Å². The van der Waals surface area contributed by atoms with Crippen molar-refractivity contribution in [2.75, 3.05) is 13.1 Å². The second-order valence-electron chi connectivity index (χ2n) is 4.73. The first-order valence-electron chi connectivity index (χ1n) is 6.77. The van der Waals surface area contributed by atoms with Gasteiger partial charge in [-0.05, 0) is 65.4 Å². The van der Waals surface area contributed by atoms with Gasteiger partial charge in [-0.2, -0.15) is 11.3 Å². The van der Waals surface area contributed by atoms with E-state index < -0.39 is 0 Å². The van der Waals surface area contributed by atoms with Gasteiger partial charge < -0.3 is 5.32 Å². The first-order chi connectivity index (χ1) is 9.29. The molecule has 1 aromatic heterocycles. The molecule has 2 aromatic rings. The zero-order chi connectivity index (χ0) is 13.5. The molecule has 2 rings (SSSR count). The van der Waals surface area contributed by atoms with Gasteiger partial charge in [-0.3, -0.25) is 0 Å². The summed E-state index contributed by atoms with van der Waals surface area (Å²) in [6.07, 6.45) is 2.35. The van der Waals surface area contributed by atoms with Gasteiger partial charge in [-0.1, -0.05) is 35.0 Å². The Labute approximate surface area is 128 Å². The van der Waals surface area contributed by atoms with Crippen LogP contribution in [0.3, 0.4) is 0 Å². The van der Waals surface area contributed by atoms with Gasteiger partial charge in [0.2, 0.25) is 0 Å². The quantitative estimate of drug-likeness (QED) is 0.762. The molecule has 3 heteroatoms. The Morgan fingerprint density at radius 3 is 2.89 bits per heavy atom. The molecular weight excluding hydrogens is 318 g/mol. The minimum absolute atomic E-state index is 0.581. The predicted octanol–water partition coefficient (Wildman–Crippen LogP) is 4.84. The van der Waals surface area contributed by atoms with E-state index in [0.717, 1.165) is 19.5 Å². The Morgan fingerprint density at radius 2 is 2.21 bits per heavy atom.